The molecule has 2 atom stereocenters. The van der Waals surface area contributed by atoms with Gasteiger partial charge in [0.2, 0.25) is 0 Å². The van der Waals surface area contributed by atoms with Crippen LogP contribution in [0.15, 0.2) is 0 Å². The second-order valence-corrected chi connectivity index (χ2v) is 4.17. The van der Waals surface area contributed by atoms with Gasteiger partial charge in [0.1, 0.15) is 11.6 Å². The standard InChI is InChI=1S/C12H22O5/c1-9(15)11(7-13)3-5-17-6-4-12(8-14)10(2)16/h11-14H,3-8H2,1-2H3. The zero-order valence-electron chi connectivity index (χ0n) is 10.5. The molecule has 0 aromatic rings. The van der Waals surface area contributed by atoms with Crippen molar-refractivity contribution >= 4 is 11.6 Å². The molecule has 0 fully saturated rings. The third-order valence-corrected chi connectivity index (χ3v) is 2.81. The molecule has 0 radical (unpaired) electrons. The second-order valence-electron chi connectivity index (χ2n) is 4.17. The second kappa shape index (κ2) is 9.27. The minimum Gasteiger partial charge on any atom is -0.396 e. The van der Waals surface area contributed by atoms with Crippen molar-refractivity contribution in [2.75, 3.05) is 26.4 Å². The van der Waals surface area contributed by atoms with Crippen LogP contribution in [0.4, 0.5) is 0 Å². The van der Waals surface area contributed by atoms with Crippen molar-refractivity contribution in [3.8, 4) is 0 Å². The minimum atomic E-state index is -0.364. The molecule has 0 saturated carbocycles. The van der Waals surface area contributed by atoms with Crippen LogP contribution in [0, 0.1) is 11.8 Å². The molecule has 0 heterocycles. The van der Waals surface area contributed by atoms with E-state index in [0.717, 1.165) is 0 Å². The number of hydrogen-bond donors (Lipinski definition) is 2. The molecule has 0 bridgehead atoms. The number of hydrogen-bond acceptors (Lipinski definition) is 5. The maximum Gasteiger partial charge on any atom is 0.135 e. The molecule has 0 aromatic heterocycles. The lowest BCUT2D eigenvalue weighted by molar-refractivity contribution is -0.122. The van der Waals surface area contributed by atoms with Crippen LogP contribution in [0.25, 0.3) is 0 Å². The first-order chi connectivity index (χ1) is 8.02. The maximum absolute atomic E-state index is 11.0. The molecule has 5 heteroatoms. The Kier molecular flexibility index (Phi) is 8.85. The lowest BCUT2D eigenvalue weighted by Crippen LogP contribution is -2.20. The summed E-state index contributed by atoms with van der Waals surface area (Å²) in [6.45, 7) is 3.31. The highest BCUT2D eigenvalue weighted by atomic mass is 16.5. The molecule has 2 unspecified atom stereocenters. The Hall–Kier alpha value is -0.780. The Labute approximate surface area is 102 Å². The Bertz CT molecular complexity index is 215. The number of rotatable bonds is 10. The van der Waals surface area contributed by atoms with Gasteiger partial charge in [0.15, 0.2) is 0 Å². The number of aliphatic hydroxyl groups excluding tert-OH is 2. The normalized spacial score (nSPS) is 14.4. The summed E-state index contributed by atoms with van der Waals surface area (Å²) < 4.78 is 5.27. The molecular formula is C12H22O5. The topological polar surface area (TPSA) is 83.8 Å². The first-order valence-electron chi connectivity index (χ1n) is 5.83. The fourth-order valence-corrected chi connectivity index (χ4v) is 1.40. The summed E-state index contributed by atoms with van der Waals surface area (Å²) in [7, 11) is 0. The van der Waals surface area contributed by atoms with Crippen LogP contribution in [-0.2, 0) is 14.3 Å². The lowest BCUT2D eigenvalue weighted by atomic mass is 10.0. The van der Waals surface area contributed by atoms with Crippen LogP contribution < -0.4 is 0 Å². The molecule has 0 aliphatic heterocycles. The van der Waals surface area contributed by atoms with E-state index in [2.05, 4.69) is 0 Å². The smallest absolute Gasteiger partial charge is 0.135 e. The maximum atomic E-state index is 11.0. The van der Waals surface area contributed by atoms with E-state index in [4.69, 9.17) is 14.9 Å². The Morgan fingerprint density at radius 1 is 0.941 bits per heavy atom. The van der Waals surface area contributed by atoms with Gasteiger partial charge < -0.3 is 14.9 Å². The SMILES string of the molecule is CC(=O)C(CO)CCOCCC(CO)C(C)=O. The van der Waals surface area contributed by atoms with Crippen molar-refractivity contribution < 1.29 is 24.5 Å². The molecule has 0 aromatic carbocycles. The highest BCUT2D eigenvalue weighted by Crippen LogP contribution is 2.06. The molecule has 2 N–H and O–H groups in total. The minimum absolute atomic E-state index is 0.0481. The fourth-order valence-electron chi connectivity index (χ4n) is 1.40. The Morgan fingerprint density at radius 3 is 1.53 bits per heavy atom. The highest BCUT2D eigenvalue weighted by molar-refractivity contribution is 5.78. The molecule has 0 rings (SSSR count). The van der Waals surface area contributed by atoms with Crippen LogP contribution in [-0.4, -0.2) is 48.2 Å². The van der Waals surface area contributed by atoms with Crippen LogP contribution in [0.3, 0.4) is 0 Å². The third-order valence-electron chi connectivity index (χ3n) is 2.81. The van der Waals surface area contributed by atoms with E-state index in [9.17, 15) is 9.59 Å². The van der Waals surface area contributed by atoms with Crippen LogP contribution in [0.1, 0.15) is 26.7 Å². The predicted molar refractivity (Wildman–Crippen MR) is 62.6 cm³/mol. The van der Waals surface area contributed by atoms with Gasteiger partial charge in [-0.3, -0.25) is 9.59 Å². The third kappa shape index (κ3) is 7.20. The van der Waals surface area contributed by atoms with E-state index < -0.39 is 0 Å². The first kappa shape index (κ1) is 16.2. The van der Waals surface area contributed by atoms with E-state index in [1.165, 1.54) is 13.8 Å². The van der Waals surface area contributed by atoms with Crippen molar-refractivity contribution in [2.24, 2.45) is 11.8 Å². The number of ketones is 2. The Balaban J connectivity index is 3.64. The summed E-state index contributed by atoms with van der Waals surface area (Å²) >= 11 is 0. The Morgan fingerprint density at radius 2 is 1.29 bits per heavy atom. The van der Waals surface area contributed by atoms with E-state index >= 15 is 0 Å². The van der Waals surface area contributed by atoms with Crippen molar-refractivity contribution in [2.45, 2.75) is 26.7 Å². The number of Topliss-reactive ketones (excluding diaryl/α,β-unsaturated/α-hetero) is 2. The van der Waals surface area contributed by atoms with Crippen LogP contribution in [0.5, 0.6) is 0 Å². The van der Waals surface area contributed by atoms with Gasteiger partial charge in [-0.2, -0.15) is 0 Å². The van der Waals surface area contributed by atoms with Crippen molar-refractivity contribution in [3.05, 3.63) is 0 Å². The number of aliphatic hydroxyl groups is 2. The molecule has 100 valence electrons. The van der Waals surface area contributed by atoms with Gasteiger partial charge >= 0.3 is 0 Å². The summed E-state index contributed by atoms with van der Waals surface area (Å²) in [5, 5.41) is 17.8. The van der Waals surface area contributed by atoms with E-state index in [0.29, 0.717) is 26.1 Å². The van der Waals surface area contributed by atoms with E-state index in [1.54, 1.807) is 0 Å². The van der Waals surface area contributed by atoms with Crippen molar-refractivity contribution in [1.29, 1.82) is 0 Å². The highest BCUT2D eigenvalue weighted by Gasteiger charge is 2.14. The molecule has 0 saturated heterocycles. The van der Waals surface area contributed by atoms with Gasteiger partial charge in [-0.15, -0.1) is 0 Å². The van der Waals surface area contributed by atoms with Gasteiger partial charge in [0, 0.05) is 25.0 Å². The van der Waals surface area contributed by atoms with Crippen molar-refractivity contribution in [1.82, 2.24) is 0 Å². The van der Waals surface area contributed by atoms with E-state index in [-0.39, 0.29) is 36.6 Å². The van der Waals surface area contributed by atoms with Crippen LogP contribution >= 0.6 is 0 Å². The molecule has 0 amide bonds. The molecule has 0 spiro atoms. The average molecular weight is 246 g/mol. The van der Waals surface area contributed by atoms with Gasteiger partial charge in [-0.05, 0) is 26.7 Å². The monoisotopic (exact) mass is 246 g/mol. The number of carbonyl (C=O) groups excluding carboxylic acids is 2. The molecule has 5 nitrogen and oxygen atoms in total. The average Bonchev–Trinajstić information content (AvgIpc) is 2.27. The summed E-state index contributed by atoms with van der Waals surface area (Å²) in [5.41, 5.74) is 0. The van der Waals surface area contributed by atoms with Gasteiger partial charge in [0.25, 0.3) is 0 Å². The summed E-state index contributed by atoms with van der Waals surface area (Å²) in [4.78, 5) is 22.0. The quantitative estimate of drug-likeness (QED) is 0.537. The zero-order valence-corrected chi connectivity index (χ0v) is 10.5. The molecule has 0 aliphatic rings. The lowest BCUT2D eigenvalue weighted by Gasteiger charge is -2.12. The van der Waals surface area contributed by atoms with Crippen LogP contribution in [0.2, 0.25) is 0 Å². The predicted octanol–water partition coefficient (Wildman–Crippen LogP) is 0.178. The first-order valence-corrected chi connectivity index (χ1v) is 5.83. The van der Waals surface area contributed by atoms with Gasteiger partial charge in [-0.1, -0.05) is 0 Å². The number of carbonyl (C=O) groups is 2. The van der Waals surface area contributed by atoms with Gasteiger partial charge in [0.05, 0.1) is 13.2 Å². The molecular weight excluding hydrogens is 224 g/mol. The van der Waals surface area contributed by atoms with Gasteiger partial charge in [-0.25, -0.2) is 0 Å². The van der Waals surface area contributed by atoms with Crippen molar-refractivity contribution in [3.63, 3.8) is 0 Å². The molecule has 17 heavy (non-hydrogen) atoms. The number of ether oxygens (including phenoxy) is 1. The largest absolute Gasteiger partial charge is 0.396 e. The summed E-state index contributed by atoms with van der Waals surface area (Å²) in [6, 6.07) is 0. The van der Waals surface area contributed by atoms with E-state index in [1.807, 2.05) is 0 Å². The fraction of sp³-hybridized carbons (Fsp3) is 0.833. The summed E-state index contributed by atoms with van der Waals surface area (Å²) in [5.74, 6) is -0.825. The molecule has 0 aliphatic carbocycles. The zero-order chi connectivity index (χ0) is 13.3. The summed E-state index contributed by atoms with van der Waals surface area (Å²) in [6.07, 6.45) is 0.964.